The van der Waals surface area contributed by atoms with Crippen molar-refractivity contribution in [1.82, 2.24) is 4.98 Å². The minimum atomic E-state index is -1.72. The van der Waals surface area contributed by atoms with Gasteiger partial charge in [0, 0.05) is 17.4 Å². The second-order valence-electron chi connectivity index (χ2n) is 5.75. The first-order valence-electron chi connectivity index (χ1n) is 8.11. The Hall–Kier alpha value is -4.19. The van der Waals surface area contributed by atoms with Gasteiger partial charge in [0.2, 0.25) is 0 Å². The van der Waals surface area contributed by atoms with E-state index in [0.717, 1.165) is 12.1 Å². The van der Waals surface area contributed by atoms with Crippen LogP contribution < -0.4 is 10.6 Å². The van der Waals surface area contributed by atoms with Crippen molar-refractivity contribution in [3.8, 4) is 6.07 Å². The quantitative estimate of drug-likeness (QED) is 0.655. The molecule has 0 atom stereocenters. The average Bonchev–Trinajstić information content (AvgIpc) is 2.74. The molecule has 9 heteroatoms. The van der Waals surface area contributed by atoms with Crippen LogP contribution in [0, 0.1) is 28.8 Å². The van der Waals surface area contributed by atoms with Gasteiger partial charge in [-0.15, -0.1) is 0 Å². The second-order valence-corrected chi connectivity index (χ2v) is 5.75. The number of nitrogens with zero attached hydrogens (tertiary/aromatic N) is 2. The van der Waals surface area contributed by atoms with Crippen molar-refractivity contribution >= 4 is 23.2 Å². The fourth-order valence-electron chi connectivity index (χ4n) is 2.34. The van der Waals surface area contributed by atoms with Crippen LogP contribution in [-0.4, -0.2) is 16.8 Å². The maximum atomic E-state index is 13.7. The smallest absolute Gasteiger partial charge is 0.274 e. The summed E-state index contributed by atoms with van der Waals surface area (Å²) in [6.07, 6.45) is 1.20. The molecule has 0 bridgehead atoms. The first kappa shape index (κ1) is 19.6. The van der Waals surface area contributed by atoms with E-state index in [0.29, 0.717) is 17.3 Å². The second kappa shape index (κ2) is 8.22. The van der Waals surface area contributed by atoms with Gasteiger partial charge in [-0.1, -0.05) is 0 Å². The Kier molecular flexibility index (Phi) is 5.55. The van der Waals surface area contributed by atoms with Gasteiger partial charge in [-0.05, 0) is 48.5 Å². The van der Waals surface area contributed by atoms with Crippen LogP contribution in [0.15, 0.2) is 54.7 Å². The van der Waals surface area contributed by atoms with E-state index < -0.39 is 35.0 Å². The molecule has 29 heavy (non-hydrogen) atoms. The van der Waals surface area contributed by atoms with E-state index in [1.165, 1.54) is 36.5 Å². The summed E-state index contributed by atoms with van der Waals surface area (Å²) in [5.41, 5.74) is 0.140. The Morgan fingerprint density at radius 3 is 2.31 bits per heavy atom. The zero-order valence-corrected chi connectivity index (χ0v) is 14.5. The predicted octanol–water partition coefficient (Wildman–Crippen LogP) is 3.88. The average molecular weight is 396 g/mol. The molecule has 0 radical (unpaired) electrons. The topological polar surface area (TPSA) is 94.9 Å². The number of hydrogen-bond donors (Lipinski definition) is 2. The number of nitriles is 1. The van der Waals surface area contributed by atoms with Gasteiger partial charge in [-0.25, -0.2) is 13.2 Å². The number of rotatable bonds is 4. The van der Waals surface area contributed by atoms with Crippen molar-refractivity contribution in [2.24, 2.45) is 0 Å². The lowest BCUT2D eigenvalue weighted by molar-refractivity contribution is 0.102. The molecule has 0 saturated carbocycles. The molecule has 3 aromatic rings. The summed E-state index contributed by atoms with van der Waals surface area (Å²) in [6.45, 7) is 0. The monoisotopic (exact) mass is 396 g/mol. The van der Waals surface area contributed by atoms with Gasteiger partial charge < -0.3 is 10.6 Å². The molecular formula is C20H11F3N4O2. The largest absolute Gasteiger partial charge is 0.322 e. The number of carbonyl (C=O) groups is 2. The lowest BCUT2D eigenvalue weighted by atomic mass is 10.2. The molecule has 0 aliphatic rings. The lowest BCUT2D eigenvalue weighted by Crippen LogP contribution is -2.18. The van der Waals surface area contributed by atoms with Gasteiger partial charge in [0.1, 0.15) is 5.69 Å². The van der Waals surface area contributed by atoms with Gasteiger partial charge >= 0.3 is 0 Å². The molecule has 2 N–H and O–H groups in total. The SMILES string of the molecule is N#Cc1ccc(NC(=O)c2ccnc(C(=O)Nc3ccc(F)c(F)c3F)c2)cc1. The number of benzene rings is 2. The van der Waals surface area contributed by atoms with E-state index in [2.05, 4.69) is 15.6 Å². The van der Waals surface area contributed by atoms with E-state index in [1.807, 2.05) is 6.07 Å². The van der Waals surface area contributed by atoms with E-state index in [1.54, 1.807) is 0 Å². The number of halogens is 3. The number of carbonyl (C=O) groups excluding carboxylic acids is 2. The minimum Gasteiger partial charge on any atom is -0.322 e. The fourth-order valence-corrected chi connectivity index (χ4v) is 2.34. The number of pyridine rings is 1. The molecule has 2 aromatic carbocycles. The van der Waals surface area contributed by atoms with Crippen molar-refractivity contribution in [2.45, 2.75) is 0 Å². The maximum absolute atomic E-state index is 13.7. The third-order valence-corrected chi connectivity index (χ3v) is 3.81. The molecule has 0 fully saturated rings. The van der Waals surface area contributed by atoms with Gasteiger partial charge in [-0.3, -0.25) is 14.6 Å². The summed E-state index contributed by atoms with van der Waals surface area (Å²) in [6, 6.07) is 12.1. The van der Waals surface area contributed by atoms with E-state index in [-0.39, 0.29) is 11.3 Å². The third-order valence-electron chi connectivity index (χ3n) is 3.81. The Labute approximate surface area is 162 Å². The zero-order valence-electron chi connectivity index (χ0n) is 14.5. The van der Waals surface area contributed by atoms with E-state index in [4.69, 9.17) is 5.26 Å². The Morgan fingerprint density at radius 2 is 1.62 bits per heavy atom. The van der Waals surface area contributed by atoms with Crippen molar-refractivity contribution < 1.29 is 22.8 Å². The molecule has 0 saturated heterocycles. The van der Waals surface area contributed by atoms with Crippen LogP contribution in [0.2, 0.25) is 0 Å². The van der Waals surface area contributed by atoms with Crippen molar-refractivity contribution in [1.29, 1.82) is 5.26 Å². The Balaban J connectivity index is 1.76. The maximum Gasteiger partial charge on any atom is 0.274 e. The summed E-state index contributed by atoms with van der Waals surface area (Å²) in [5.74, 6) is -6.12. The summed E-state index contributed by atoms with van der Waals surface area (Å²) in [5, 5.41) is 13.4. The number of amides is 2. The normalized spacial score (nSPS) is 10.1. The molecule has 3 rings (SSSR count). The molecule has 1 aromatic heterocycles. The van der Waals surface area contributed by atoms with Crippen molar-refractivity contribution in [3.05, 3.63) is 89.0 Å². The van der Waals surface area contributed by atoms with E-state index >= 15 is 0 Å². The number of anilines is 2. The van der Waals surface area contributed by atoms with Crippen LogP contribution in [0.5, 0.6) is 0 Å². The van der Waals surface area contributed by atoms with Gasteiger partial charge in [0.25, 0.3) is 11.8 Å². The Morgan fingerprint density at radius 1 is 0.897 bits per heavy atom. The number of nitrogens with one attached hydrogen (secondary N) is 2. The molecule has 1 heterocycles. The molecule has 0 spiro atoms. The molecule has 0 aliphatic carbocycles. The highest BCUT2D eigenvalue weighted by Gasteiger charge is 2.17. The molecule has 144 valence electrons. The van der Waals surface area contributed by atoms with E-state index in [9.17, 15) is 22.8 Å². The summed E-state index contributed by atoms with van der Waals surface area (Å²) in [4.78, 5) is 28.4. The lowest BCUT2D eigenvalue weighted by Gasteiger charge is -2.09. The Bertz CT molecular complexity index is 1140. The third kappa shape index (κ3) is 4.39. The van der Waals surface area contributed by atoms with Crippen molar-refractivity contribution in [3.63, 3.8) is 0 Å². The minimum absolute atomic E-state index is 0.0836. The van der Waals surface area contributed by atoms with Crippen molar-refractivity contribution in [2.75, 3.05) is 10.6 Å². The molecule has 0 unspecified atom stereocenters. The van der Waals surface area contributed by atoms with Gasteiger partial charge in [-0.2, -0.15) is 5.26 Å². The summed E-state index contributed by atoms with van der Waals surface area (Å²) < 4.78 is 40.0. The summed E-state index contributed by atoms with van der Waals surface area (Å²) >= 11 is 0. The van der Waals surface area contributed by atoms with Gasteiger partial charge in [0.15, 0.2) is 17.5 Å². The summed E-state index contributed by atoms with van der Waals surface area (Å²) in [7, 11) is 0. The van der Waals surface area contributed by atoms with Crippen LogP contribution in [0.4, 0.5) is 24.5 Å². The van der Waals surface area contributed by atoms with Crippen LogP contribution in [0.3, 0.4) is 0 Å². The highest BCUT2D eigenvalue weighted by Crippen LogP contribution is 2.20. The first-order valence-corrected chi connectivity index (χ1v) is 8.11. The zero-order chi connectivity index (χ0) is 21.0. The molecule has 0 aliphatic heterocycles. The first-order chi connectivity index (χ1) is 13.9. The van der Waals surface area contributed by atoms with Crippen LogP contribution in [0.1, 0.15) is 26.4 Å². The molecule has 6 nitrogen and oxygen atoms in total. The standard InChI is InChI=1S/C20H11F3N4O2/c21-14-5-6-15(18(23)17(14)22)27-20(29)16-9-12(7-8-25-16)19(28)26-13-3-1-11(10-24)2-4-13/h1-9H,(H,26,28)(H,27,29). The highest BCUT2D eigenvalue weighted by molar-refractivity contribution is 6.07. The van der Waals surface area contributed by atoms with Crippen LogP contribution in [0.25, 0.3) is 0 Å². The predicted molar refractivity (Wildman–Crippen MR) is 97.6 cm³/mol. The van der Waals surface area contributed by atoms with Crippen LogP contribution >= 0.6 is 0 Å². The molecular weight excluding hydrogens is 385 g/mol. The molecule has 2 amide bonds. The number of hydrogen-bond acceptors (Lipinski definition) is 4. The number of aromatic nitrogens is 1. The highest BCUT2D eigenvalue weighted by atomic mass is 19.2. The van der Waals surface area contributed by atoms with Crippen LogP contribution in [-0.2, 0) is 0 Å². The van der Waals surface area contributed by atoms with Gasteiger partial charge in [0.05, 0.1) is 17.3 Å². The fraction of sp³-hybridized carbons (Fsp3) is 0.